The highest BCUT2D eigenvalue weighted by atomic mass is 16.5. The maximum absolute atomic E-state index is 11.8. The first-order chi connectivity index (χ1) is 9.56. The van der Waals surface area contributed by atoms with E-state index >= 15 is 0 Å². The van der Waals surface area contributed by atoms with Crippen molar-refractivity contribution in [1.29, 1.82) is 0 Å². The van der Waals surface area contributed by atoms with Gasteiger partial charge in [-0.15, -0.1) is 0 Å². The lowest BCUT2D eigenvalue weighted by molar-refractivity contribution is -0.140. The van der Waals surface area contributed by atoms with Gasteiger partial charge in [-0.3, -0.25) is 9.59 Å². The van der Waals surface area contributed by atoms with Crippen molar-refractivity contribution in [2.45, 2.75) is 19.8 Å². The molecular formula is C15H22N2O3. The van der Waals surface area contributed by atoms with Crippen LogP contribution in [0.2, 0.25) is 0 Å². The molecular weight excluding hydrogens is 256 g/mol. The van der Waals surface area contributed by atoms with Crippen LogP contribution in [-0.4, -0.2) is 32.6 Å². The van der Waals surface area contributed by atoms with Gasteiger partial charge < -0.3 is 15.4 Å². The fourth-order valence-corrected chi connectivity index (χ4v) is 1.77. The molecule has 0 aliphatic rings. The summed E-state index contributed by atoms with van der Waals surface area (Å²) in [5, 5.41) is 5.83. The average molecular weight is 278 g/mol. The fourth-order valence-electron chi connectivity index (χ4n) is 1.77. The number of rotatable bonds is 7. The number of hydrogen-bond donors (Lipinski definition) is 2. The molecule has 0 saturated carbocycles. The zero-order valence-electron chi connectivity index (χ0n) is 12.2. The molecule has 110 valence electrons. The summed E-state index contributed by atoms with van der Waals surface area (Å²) >= 11 is 0. The molecule has 0 radical (unpaired) electrons. The second kappa shape index (κ2) is 8.32. The first-order valence-corrected chi connectivity index (χ1v) is 6.68. The van der Waals surface area contributed by atoms with Crippen molar-refractivity contribution >= 4 is 17.6 Å². The number of amides is 1. The second-order valence-electron chi connectivity index (χ2n) is 4.72. The number of hydrogen-bond acceptors (Lipinski definition) is 4. The number of carbonyl (C=O) groups excluding carboxylic acids is 2. The Morgan fingerprint density at radius 2 is 1.90 bits per heavy atom. The predicted octanol–water partition coefficient (Wildman–Crippen LogP) is 1.59. The van der Waals surface area contributed by atoms with Crippen LogP contribution in [0.15, 0.2) is 24.3 Å². The number of ether oxygens (including phenoxy) is 1. The molecule has 0 aliphatic heterocycles. The third kappa shape index (κ3) is 5.40. The van der Waals surface area contributed by atoms with E-state index in [0.717, 1.165) is 11.3 Å². The van der Waals surface area contributed by atoms with Crippen molar-refractivity contribution in [3.63, 3.8) is 0 Å². The molecule has 5 nitrogen and oxygen atoms in total. The number of esters is 1. The van der Waals surface area contributed by atoms with Crippen LogP contribution in [0, 0.1) is 5.92 Å². The minimum Gasteiger partial charge on any atom is -0.469 e. The highest BCUT2D eigenvalue weighted by Crippen LogP contribution is 2.12. The quantitative estimate of drug-likeness (QED) is 0.743. The summed E-state index contributed by atoms with van der Waals surface area (Å²) in [6, 6.07) is 7.50. The summed E-state index contributed by atoms with van der Waals surface area (Å²) in [5.41, 5.74) is 1.80. The highest BCUT2D eigenvalue weighted by molar-refractivity contribution is 5.92. The van der Waals surface area contributed by atoms with E-state index in [1.807, 2.05) is 38.2 Å². The van der Waals surface area contributed by atoms with E-state index in [0.29, 0.717) is 19.4 Å². The maximum atomic E-state index is 11.8. The van der Waals surface area contributed by atoms with Gasteiger partial charge in [0.05, 0.1) is 7.11 Å². The standard InChI is InChI=1S/C15H22N2O3/c1-11(10-16-2)15(19)17-13-7-4-12(5-8-13)6-9-14(18)20-3/h4-5,7-8,11,16H,6,9-10H2,1-3H3,(H,17,19). The molecule has 0 spiro atoms. The molecule has 0 bridgehead atoms. The molecule has 0 fully saturated rings. The van der Waals surface area contributed by atoms with Gasteiger partial charge in [0.25, 0.3) is 0 Å². The lowest BCUT2D eigenvalue weighted by Crippen LogP contribution is -2.28. The van der Waals surface area contributed by atoms with Gasteiger partial charge in [-0.05, 0) is 31.2 Å². The molecule has 0 aromatic heterocycles. The van der Waals surface area contributed by atoms with E-state index in [2.05, 4.69) is 15.4 Å². The zero-order valence-corrected chi connectivity index (χ0v) is 12.2. The number of benzene rings is 1. The minimum absolute atomic E-state index is 0.0124. The maximum Gasteiger partial charge on any atom is 0.305 e. The van der Waals surface area contributed by atoms with Gasteiger partial charge in [0.15, 0.2) is 0 Å². The fraction of sp³-hybridized carbons (Fsp3) is 0.467. The Balaban J connectivity index is 2.50. The number of carbonyl (C=O) groups is 2. The van der Waals surface area contributed by atoms with Crippen molar-refractivity contribution in [2.75, 3.05) is 26.0 Å². The average Bonchev–Trinajstić information content (AvgIpc) is 2.46. The predicted molar refractivity (Wildman–Crippen MR) is 78.5 cm³/mol. The van der Waals surface area contributed by atoms with E-state index in [-0.39, 0.29) is 17.8 Å². The molecule has 1 atom stereocenters. The van der Waals surface area contributed by atoms with Gasteiger partial charge in [0.2, 0.25) is 5.91 Å². The van der Waals surface area contributed by atoms with E-state index in [9.17, 15) is 9.59 Å². The molecule has 20 heavy (non-hydrogen) atoms. The molecule has 0 saturated heterocycles. The molecule has 1 unspecified atom stereocenters. The van der Waals surface area contributed by atoms with Gasteiger partial charge in [-0.1, -0.05) is 19.1 Å². The summed E-state index contributed by atoms with van der Waals surface area (Å²) in [7, 11) is 3.20. The van der Waals surface area contributed by atoms with Crippen molar-refractivity contribution in [3.8, 4) is 0 Å². The topological polar surface area (TPSA) is 67.4 Å². The van der Waals surface area contributed by atoms with Crippen LogP contribution in [0.1, 0.15) is 18.9 Å². The minimum atomic E-state index is -0.219. The number of methoxy groups -OCH3 is 1. The molecule has 1 amide bonds. The van der Waals surface area contributed by atoms with Gasteiger partial charge in [0.1, 0.15) is 0 Å². The smallest absolute Gasteiger partial charge is 0.305 e. The van der Waals surface area contributed by atoms with Crippen LogP contribution in [0.25, 0.3) is 0 Å². The number of nitrogens with one attached hydrogen (secondary N) is 2. The SMILES string of the molecule is CNCC(C)C(=O)Nc1ccc(CCC(=O)OC)cc1. The molecule has 5 heteroatoms. The van der Waals surface area contributed by atoms with E-state index in [1.165, 1.54) is 7.11 Å². The zero-order chi connectivity index (χ0) is 15.0. The summed E-state index contributed by atoms with van der Waals surface area (Å²) < 4.78 is 4.60. The molecule has 1 aromatic rings. The molecule has 2 N–H and O–H groups in total. The number of aryl methyl sites for hydroxylation is 1. The molecule has 1 rings (SSSR count). The van der Waals surface area contributed by atoms with Gasteiger partial charge in [-0.2, -0.15) is 0 Å². The normalized spacial score (nSPS) is 11.8. The largest absolute Gasteiger partial charge is 0.469 e. The summed E-state index contributed by atoms with van der Waals surface area (Å²) in [6.07, 6.45) is 0.998. The van der Waals surface area contributed by atoms with E-state index in [4.69, 9.17) is 0 Å². The Hall–Kier alpha value is -1.88. The van der Waals surface area contributed by atoms with Crippen LogP contribution in [0.5, 0.6) is 0 Å². The van der Waals surface area contributed by atoms with Crippen molar-refractivity contribution in [2.24, 2.45) is 5.92 Å². The molecule has 1 aromatic carbocycles. The van der Waals surface area contributed by atoms with Crippen molar-refractivity contribution < 1.29 is 14.3 Å². The summed E-state index contributed by atoms with van der Waals surface area (Å²) in [6.45, 7) is 2.51. The first kappa shape index (κ1) is 16.2. The van der Waals surface area contributed by atoms with Crippen LogP contribution in [0.4, 0.5) is 5.69 Å². The van der Waals surface area contributed by atoms with Gasteiger partial charge in [0, 0.05) is 24.6 Å². The van der Waals surface area contributed by atoms with E-state index < -0.39 is 0 Å². The Morgan fingerprint density at radius 3 is 2.45 bits per heavy atom. The third-order valence-electron chi connectivity index (χ3n) is 3.02. The van der Waals surface area contributed by atoms with Crippen LogP contribution < -0.4 is 10.6 Å². The summed E-state index contributed by atoms with van der Waals surface area (Å²) in [5.74, 6) is -0.316. The monoisotopic (exact) mass is 278 g/mol. The Bertz CT molecular complexity index is 443. The van der Waals surface area contributed by atoms with Crippen molar-refractivity contribution in [3.05, 3.63) is 29.8 Å². The molecule has 0 aliphatic carbocycles. The Labute approximate surface area is 119 Å². The number of anilines is 1. The van der Waals surface area contributed by atoms with Crippen LogP contribution in [0.3, 0.4) is 0 Å². The van der Waals surface area contributed by atoms with Crippen molar-refractivity contribution in [1.82, 2.24) is 5.32 Å². The lowest BCUT2D eigenvalue weighted by Gasteiger charge is -2.11. The van der Waals surface area contributed by atoms with E-state index in [1.54, 1.807) is 0 Å². The highest BCUT2D eigenvalue weighted by Gasteiger charge is 2.11. The Kier molecular flexibility index (Phi) is 6.73. The van der Waals surface area contributed by atoms with Gasteiger partial charge in [-0.25, -0.2) is 0 Å². The van der Waals surface area contributed by atoms with Gasteiger partial charge >= 0.3 is 5.97 Å². The first-order valence-electron chi connectivity index (χ1n) is 6.68. The summed E-state index contributed by atoms with van der Waals surface area (Å²) in [4.78, 5) is 22.9. The third-order valence-corrected chi connectivity index (χ3v) is 3.02. The lowest BCUT2D eigenvalue weighted by atomic mass is 10.1. The molecule has 0 heterocycles. The Morgan fingerprint density at radius 1 is 1.25 bits per heavy atom. The van der Waals surface area contributed by atoms with Crippen LogP contribution in [-0.2, 0) is 20.7 Å². The second-order valence-corrected chi connectivity index (χ2v) is 4.72. The van der Waals surface area contributed by atoms with Crippen LogP contribution >= 0.6 is 0 Å².